The standard InChI is InChI=1S/C15H15BrN2O2/c1-3-10-8-11(16)4-5-13(10)18-15(19)12-6-7-17-9-14(12)20-2/h4-9H,3H2,1-2H3,(H,18,19). The van der Waals surface area contributed by atoms with E-state index in [4.69, 9.17) is 4.74 Å². The van der Waals surface area contributed by atoms with Gasteiger partial charge >= 0.3 is 0 Å². The van der Waals surface area contributed by atoms with Crippen molar-refractivity contribution in [2.75, 3.05) is 12.4 Å². The largest absolute Gasteiger partial charge is 0.494 e. The molecule has 1 aromatic heterocycles. The Bertz CT molecular complexity index is 629. The monoisotopic (exact) mass is 334 g/mol. The number of pyridine rings is 1. The average Bonchev–Trinajstić information content (AvgIpc) is 2.48. The molecule has 4 nitrogen and oxygen atoms in total. The summed E-state index contributed by atoms with van der Waals surface area (Å²) in [6.07, 6.45) is 3.93. The second-order valence-corrected chi connectivity index (χ2v) is 5.10. The van der Waals surface area contributed by atoms with Crippen LogP contribution in [0.1, 0.15) is 22.8 Å². The van der Waals surface area contributed by atoms with E-state index in [1.165, 1.54) is 13.3 Å². The van der Waals surface area contributed by atoms with Gasteiger partial charge in [0.1, 0.15) is 5.75 Å². The first-order valence-corrected chi connectivity index (χ1v) is 7.02. The molecule has 1 heterocycles. The normalized spacial score (nSPS) is 10.2. The number of ether oxygens (including phenoxy) is 1. The second-order valence-electron chi connectivity index (χ2n) is 4.19. The van der Waals surface area contributed by atoms with Crippen LogP contribution in [-0.4, -0.2) is 18.0 Å². The highest BCUT2D eigenvalue weighted by molar-refractivity contribution is 9.10. The van der Waals surface area contributed by atoms with Crippen molar-refractivity contribution in [2.24, 2.45) is 0 Å². The van der Waals surface area contributed by atoms with Gasteiger partial charge in [-0.25, -0.2) is 0 Å². The Morgan fingerprint density at radius 1 is 1.40 bits per heavy atom. The lowest BCUT2D eigenvalue weighted by atomic mass is 10.1. The molecule has 0 atom stereocenters. The summed E-state index contributed by atoms with van der Waals surface area (Å²) >= 11 is 3.43. The molecule has 0 bridgehead atoms. The van der Waals surface area contributed by atoms with Crippen molar-refractivity contribution in [3.63, 3.8) is 0 Å². The number of aromatic nitrogens is 1. The number of rotatable bonds is 4. The highest BCUT2D eigenvalue weighted by Gasteiger charge is 2.13. The molecule has 0 radical (unpaired) electrons. The summed E-state index contributed by atoms with van der Waals surface area (Å²) in [5.41, 5.74) is 2.34. The third-order valence-electron chi connectivity index (χ3n) is 2.95. The molecule has 0 aliphatic rings. The molecule has 0 saturated carbocycles. The van der Waals surface area contributed by atoms with Crippen molar-refractivity contribution >= 4 is 27.5 Å². The van der Waals surface area contributed by atoms with Crippen LogP contribution in [0.2, 0.25) is 0 Å². The first-order valence-electron chi connectivity index (χ1n) is 6.23. The van der Waals surface area contributed by atoms with Crippen molar-refractivity contribution < 1.29 is 9.53 Å². The number of hydrogen-bond donors (Lipinski definition) is 1. The first kappa shape index (κ1) is 14.5. The van der Waals surface area contributed by atoms with E-state index in [2.05, 4.69) is 26.2 Å². The van der Waals surface area contributed by atoms with Gasteiger partial charge in [-0.05, 0) is 36.2 Å². The van der Waals surface area contributed by atoms with E-state index in [0.29, 0.717) is 11.3 Å². The van der Waals surface area contributed by atoms with E-state index in [1.54, 1.807) is 12.3 Å². The van der Waals surface area contributed by atoms with Crippen LogP contribution < -0.4 is 10.1 Å². The molecule has 20 heavy (non-hydrogen) atoms. The highest BCUT2D eigenvalue weighted by Crippen LogP contribution is 2.23. The minimum absolute atomic E-state index is 0.207. The maximum Gasteiger partial charge on any atom is 0.259 e. The molecule has 1 amide bonds. The highest BCUT2D eigenvalue weighted by atomic mass is 79.9. The lowest BCUT2D eigenvalue weighted by Crippen LogP contribution is -2.14. The molecule has 1 aromatic carbocycles. The lowest BCUT2D eigenvalue weighted by Gasteiger charge is -2.12. The number of nitrogens with zero attached hydrogens (tertiary/aromatic N) is 1. The summed E-state index contributed by atoms with van der Waals surface area (Å²) in [5.74, 6) is 0.251. The summed E-state index contributed by atoms with van der Waals surface area (Å²) in [7, 11) is 1.52. The van der Waals surface area contributed by atoms with Crippen LogP contribution in [0.25, 0.3) is 0 Å². The molecular formula is C15H15BrN2O2. The fourth-order valence-corrected chi connectivity index (χ4v) is 2.31. The molecule has 1 N–H and O–H groups in total. The number of carbonyl (C=O) groups excluding carboxylic acids is 1. The molecule has 0 unspecified atom stereocenters. The summed E-state index contributed by atoms with van der Waals surface area (Å²) in [6.45, 7) is 2.05. The van der Waals surface area contributed by atoms with E-state index in [-0.39, 0.29) is 5.91 Å². The van der Waals surface area contributed by atoms with E-state index >= 15 is 0 Å². The minimum Gasteiger partial charge on any atom is -0.494 e. The van der Waals surface area contributed by atoms with Crippen LogP contribution in [0.3, 0.4) is 0 Å². The molecule has 0 fully saturated rings. The van der Waals surface area contributed by atoms with Gasteiger partial charge in [-0.15, -0.1) is 0 Å². The Hall–Kier alpha value is -1.88. The number of halogens is 1. The molecule has 0 saturated heterocycles. The van der Waals surface area contributed by atoms with Crippen molar-refractivity contribution in [3.8, 4) is 5.75 Å². The molecule has 104 valence electrons. The zero-order chi connectivity index (χ0) is 14.5. The zero-order valence-corrected chi connectivity index (χ0v) is 12.9. The van der Waals surface area contributed by atoms with E-state index in [0.717, 1.165) is 22.1 Å². The SMILES string of the molecule is CCc1cc(Br)ccc1NC(=O)c1ccncc1OC. The average molecular weight is 335 g/mol. The lowest BCUT2D eigenvalue weighted by molar-refractivity contribution is 0.102. The predicted molar refractivity (Wildman–Crippen MR) is 82.3 cm³/mol. The van der Waals surface area contributed by atoms with Crippen LogP contribution in [0, 0.1) is 0 Å². The molecule has 2 rings (SSSR count). The van der Waals surface area contributed by atoms with Gasteiger partial charge in [-0.2, -0.15) is 0 Å². The Morgan fingerprint density at radius 2 is 2.20 bits per heavy atom. The predicted octanol–water partition coefficient (Wildman–Crippen LogP) is 3.67. The van der Waals surface area contributed by atoms with Gasteiger partial charge in [0.15, 0.2) is 0 Å². The number of methoxy groups -OCH3 is 1. The smallest absolute Gasteiger partial charge is 0.259 e. The molecule has 0 spiro atoms. The van der Waals surface area contributed by atoms with E-state index in [1.807, 2.05) is 25.1 Å². The Balaban J connectivity index is 2.28. The number of amides is 1. The Morgan fingerprint density at radius 3 is 2.90 bits per heavy atom. The van der Waals surface area contributed by atoms with Crippen LogP contribution in [0.15, 0.2) is 41.1 Å². The van der Waals surface area contributed by atoms with Crippen molar-refractivity contribution in [1.29, 1.82) is 0 Å². The minimum atomic E-state index is -0.207. The first-order chi connectivity index (χ1) is 9.65. The third-order valence-corrected chi connectivity index (χ3v) is 3.44. The van der Waals surface area contributed by atoms with Crippen molar-refractivity contribution in [3.05, 3.63) is 52.3 Å². The zero-order valence-electron chi connectivity index (χ0n) is 11.3. The Kier molecular flexibility index (Phi) is 4.74. The van der Waals surface area contributed by atoms with Crippen LogP contribution >= 0.6 is 15.9 Å². The van der Waals surface area contributed by atoms with Gasteiger partial charge in [-0.1, -0.05) is 22.9 Å². The van der Waals surface area contributed by atoms with Crippen molar-refractivity contribution in [2.45, 2.75) is 13.3 Å². The molecular weight excluding hydrogens is 320 g/mol. The maximum absolute atomic E-state index is 12.3. The number of hydrogen-bond acceptors (Lipinski definition) is 3. The Labute approximate surface area is 126 Å². The van der Waals surface area contributed by atoms with Gasteiger partial charge in [0.2, 0.25) is 0 Å². The van der Waals surface area contributed by atoms with Gasteiger partial charge in [0.25, 0.3) is 5.91 Å². The van der Waals surface area contributed by atoms with Gasteiger partial charge in [0.05, 0.1) is 18.9 Å². The topological polar surface area (TPSA) is 51.2 Å². The molecule has 2 aromatic rings. The molecule has 0 aliphatic carbocycles. The molecule has 0 aliphatic heterocycles. The number of anilines is 1. The summed E-state index contributed by atoms with van der Waals surface area (Å²) in [4.78, 5) is 16.3. The fraction of sp³-hybridized carbons (Fsp3) is 0.200. The van der Waals surface area contributed by atoms with Crippen LogP contribution in [0.4, 0.5) is 5.69 Å². The summed E-state index contributed by atoms with van der Waals surface area (Å²) in [5, 5.41) is 2.91. The quantitative estimate of drug-likeness (QED) is 0.928. The van der Waals surface area contributed by atoms with Gasteiger partial charge in [0, 0.05) is 16.4 Å². The number of carbonyl (C=O) groups is 1. The van der Waals surface area contributed by atoms with Crippen molar-refractivity contribution in [1.82, 2.24) is 4.98 Å². The van der Waals surface area contributed by atoms with E-state index < -0.39 is 0 Å². The number of aryl methyl sites for hydroxylation is 1. The summed E-state index contributed by atoms with van der Waals surface area (Å²) in [6, 6.07) is 7.42. The number of benzene rings is 1. The van der Waals surface area contributed by atoms with Crippen LogP contribution in [0.5, 0.6) is 5.75 Å². The van der Waals surface area contributed by atoms with Gasteiger partial charge < -0.3 is 10.1 Å². The second kappa shape index (κ2) is 6.52. The van der Waals surface area contributed by atoms with E-state index in [9.17, 15) is 4.79 Å². The maximum atomic E-state index is 12.3. The fourth-order valence-electron chi connectivity index (χ4n) is 1.90. The summed E-state index contributed by atoms with van der Waals surface area (Å²) < 4.78 is 6.14. The third kappa shape index (κ3) is 3.17. The number of nitrogens with one attached hydrogen (secondary N) is 1. The van der Waals surface area contributed by atoms with Crippen LogP contribution in [-0.2, 0) is 6.42 Å². The van der Waals surface area contributed by atoms with Gasteiger partial charge in [-0.3, -0.25) is 9.78 Å². The molecule has 5 heteroatoms.